The Bertz CT molecular complexity index is 110. The van der Waals surface area contributed by atoms with Crippen LogP contribution in [0, 0.1) is 11.3 Å². The van der Waals surface area contributed by atoms with E-state index < -0.39 is 0 Å². The summed E-state index contributed by atoms with van der Waals surface area (Å²) < 4.78 is 0. The number of hydrogen-bond donors (Lipinski definition) is 0. The monoisotopic (exact) mass is 115 g/mol. The van der Waals surface area contributed by atoms with Gasteiger partial charge in [-0.25, -0.2) is 0 Å². The highest BCUT2D eigenvalue weighted by Crippen LogP contribution is 1.88. The lowest BCUT2D eigenvalue weighted by Gasteiger charge is -1.75. The van der Waals surface area contributed by atoms with Crippen LogP contribution in [0.5, 0.6) is 0 Å². The van der Waals surface area contributed by atoms with Crippen LogP contribution in [0.15, 0.2) is 11.6 Å². The van der Waals surface area contributed by atoms with Gasteiger partial charge >= 0.3 is 0 Å². The maximum Gasteiger partial charge on any atom is 0.0941 e. The minimum Gasteiger partial charge on any atom is -0.193 e. The van der Waals surface area contributed by atoms with Crippen molar-refractivity contribution in [2.24, 2.45) is 0 Å². The van der Waals surface area contributed by atoms with Crippen LogP contribution in [0.25, 0.3) is 0 Å². The van der Waals surface area contributed by atoms with E-state index in [1.54, 1.807) is 13.0 Å². The second kappa shape index (κ2) is 3.70. The average molecular weight is 116 g/mol. The summed E-state index contributed by atoms with van der Waals surface area (Å²) in [4.78, 5) is 0. The molecular formula is C5H6ClN. The Hall–Kier alpha value is -0.480. The zero-order valence-electron chi connectivity index (χ0n) is 4.11. The standard InChI is InChI=1S/C5H6ClN/c1-5(4-7)2-3-6/h2H,3H2,1H3/b5-2+. The average Bonchev–Trinajstić information content (AvgIpc) is 1.68. The maximum absolute atomic E-state index is 8.09. The van der Waals surface area contributed by atoms with Gasteiger partial charge in [0.15, 0.2) is 0 Å². The first kappa shape index (κ1) is 6.52. The molecule has 0 aliphatic carbocycles. The first-order valence-electron chi connectivity index (χ1n) is 1.94. The smallest absolute Gasteiger partial charge is 0.0941 e. The van der Waals surface area contributed by atoms with Crippen molar-refractivity contribution < 1.29 is 0 Å². The predicted molar refractivity (Wildman–Crippen MR) is 30.1 cm³/mol. The Morgan fingerprint density at radius 3 is 2.71 bits per heavy atom. The highest BCUT2D eigenvalue weighted by Gasteiger charge is 1.76. The van der Waals surface area contributed by atoms with E-state index in [0.29, 0.717) is 11.5 Å². The molecule has 0 saturated heterocycles. The van der Waals surface area contributed by atoms with Crippen molar-refractivity contribution in [3.8, 4) is 6.07 Å². The van der Waals surface area contributed by atoms with Crippen LogP contribution in [0.2, 0.25) is 0 Å². The predicted octanol–water partition coefficient (Wildman–Crippen LogP) is 1.70. The van der Waals surface area contributed by atoms with E-state index in [4.69, 9.17) is 16.9 Å². The van der Waals surface area contributed by atoms with Crippen molar-refractivity contribution in [1.82, 2.24) is 0 Å². The van der Waals surface area contributed by atoms with E-state index in [9.17, 15) is 0 Å². The molecule has 0 saturated carbocycles. The van der Waals surface area contributed by atoms with E-state index in [0.717, 1.165) is 0 Å². The van der Waals surface area contributed by atoms with Gasteiger partial charge in [-0.3, -0.25) is 0 Å². The molecule has 0 aliphatic rings. The summed E-state index contributed by atoms with van der Waals surface area (Å²) >= 11 is 5.25. The van der Waals surface area contributed by atoms with Crippen LogP contribution in [-0.4, -0.2) is 5.88 Å². The lowest BCUT2D eigenvalue weighted by Crippen LogP contribution is -1.66. The van der Waals surface area contributed by atoms with Crippen molar-refractivity contribution in [3.63, 3.8) is 0 Å². The van der Waals surface area contributed by atoms with E-state index in [1.165, 1.54) is 0 Å². The molecule has 0 amide bonds. The summed E-state index contributed by atoms with van der Waals surface area (Å²) in [6, 6.07) is 1.94. The van der Waals surface area contributed by atoms with E-state index in [2.05, 4.69) is 0 Å². The van der Waals surface area contributed by atoms with Crippen molar-refractivity contribution in [1.29, 1.82) is 5.26 Å². The van der Waals surface area contributed by atoms with Crippen LogP contribution < -0.4 is 0 Å². The zero-order chi connectivity index (χ0) is 5.70. The number of nitriles is 1. The fourth-order valence-electron chi connectivity index (χ4n) is 0.161. The Balaban J connectivity index is 3.57. The SMILES string of the molecule is C/C(C#N)=C\CCl. The topological polar surface area (TPSA) is 23.8 Å². The van der Waals surface area contributed by atoms with Crippen molar-refractivity contribution in [3.05, 3.63) is 11.6 Å². The number of rotatable bonds is 1. The molecule has 1 nitrogen and oxygen atoms in total. The van der Waals surface area contributed by atoms with Gasteiger partial charge in [-0.15, -0.1) is 11.6 Å². The number of nitrogens with zero attached hydrogens (tertiary/aromatic N) is 1. The molecule has 0 atom stereocenters. The second-order valence-corrected chi connectivity index (χ2v) is 1.46. The molecule has 0 unspecified atom stereocenters. The van der Waals surface area contributed by atoms with E-state index in [-0.39, 0.29) is 0 Å². The molecule has 38 valence electrons. The van der Waals surface area contributed by atoms with Gasteiger partial charge in [-0.2, -0.15) is 5.26 Å². The third-order valence-corrected chi connectivity index (χ3v) is 0.714. The molecule has 0 N–H and O–H groups in total. The molecular weight excluding hydrogens is 110 g/mol. The quantitative estimate of drug-likeness (QED) is 0.377. The summed E-state index contributed by atoms with van der Waals surface area (Å²) in [7, 11) is 0. The Labute approximate surface area is 48.2 Å². The van der Waals surface area contributed by atoms with E-state index in [1.807, 2.05) is 6.07 Å². The Morgan fingerprint density at radius 1 is 2.00 bits per heavy atom. The maximum atomic E-state index is 8.09. The molecule has 7 heavy (non-hydrogen) atoms. The van der Waals surface area contributed by atoms with Gasteiger partial charge < -0.3 is 0 Å². The van der Waals surface area contributed by atoms with Crippen LogP contribution in [-0.2, 0) is 0 Å². The fraction of sp³-hybridized carbons (Fsp3) is 0.400. The second-order valence-electron chi connectivity index (χ2n) is 1.15. The summed E-state index contributed by atoms with van der Waals surface area (Å²) in [5.41, 5.74) is 0.676. The summed E-state index contributed by atoms with van der Waals surface area (Å²) in [6.07, 6.45) is 1.67. The van der Waals surface area contributed by atoms with E-state index >= 15 is 0 Å². The molecule has 0 aromatic heterocycles. The lowest BCUT2D eigenvalue weighted by atomic mass is 10.3. The van der Waals surface area contributed by atoms with Crippen molar-refractivity contribution in [2.45, 2.75) is 6.92 Å². The molecule has 2 heteroatoms. The number of allylic oxidation sites excluding steroid dienone is 2. The third-order valence-electron chi connectivity index (χ3n) is 0.560. The van der Waals surface area contributed by atoms with Crippen LogP contribution in [0.4, 0.5) is 0 Å². The molecule has 0 radical (unpaired) electrons. The summed E-state index contributed by atoms with van der Waals surface area (Å²) in [6.45, 7) is 1.72. The molecule has 0 fully saturated rings. The van der Waals surface area contributed by atoms with Gasteiger partial charge in [-0.05, 0) is 6.92 Å². The normalized spacial score (nSPS) is 10.7. The van der Waals surface area contributed by atoms with Gasteiger partial charge in [0.2, 0.25) is 0 Å². The van der Waals surface area contributed by atoms with Crippen molar-refractivity contribution in [2.75, 3.05) is 5.88 Å². The number of halogens is 1. The molecule has 0 aromatic rings. The summed E-state index contributed by atoms with van der Waals surface area (Å²) in [5.74, 6) is 0.430. The molecule has 0 heterocycles. The van der Waals surface area contributed by atoms with Crippen molar-refractivity contribution >= 4 is 11.6 Å². The Kier molecular flexibility index (Phi) is 3.45. The molecule has 0 rings (SSSR count). The van der Waals surface area contributed by atoms with Crippen LogP contribution in [0.3, 0.4) is 0 Å². The van der Waals surface area contributed by atoms with Gasteiger partial charge in [0.25, 0.3) is 0 Å². The largest absolute Gasteiger partial charge is 0.193 e. The van der Waals surface area contributed by atoms with Crippen LogP contribution in [0.1, 0.15) is 6.92 Å². The van der Waals surface area contributed by atoms with Gasteiger partial charge in [0, 0.05) is 11.5 Å². The zero-order valence-corrected chi connectivity index (χ0v) is 4.87. The Morgan fingerprint density at radius 2 is 2.57 bits per heavy atom. The number of hydrogen-bond acceptors (Lipinski definition) is 1. The third kappa shape index (κ3) is 3.35. The van der Waals surface area contributed by atoms with Gasteiger partial charge in [-0.1, -0.05) is 6.08 Å². The molecule has 0 aromatic carbocycles. The first-order chi connectivity index (χ1) is 3.31. The molecule has 0 spiro atoms. The minimum absolute atomic E-state index is 0.430. The highest BCUT2D eigenvalue weighted by molar-refractivity contribution is 6.18. The fourth-order valence-corrected chi connectivity index (χ4v) is 0.393. The first-order valence-corrected chi connectivity index (χ1v) is 2.47. The van der Waals surface area contributed by atoms with Gasteiger partial charge in [0.05, 0.1) is 6.07 Å². The highest BCUT2D eigenvalue weighted by atomic mass is 35.5. The van der Waals surface area contributed by atoms with Gasteiger partial charge in [0.1, 0.15) is 0 Å². The summed E-state index contributed by atoms with van der Waals surface area (Å²) in [5, 5.41) is 8.09. The lowest BCUT2D eigenvalue weighted by molar-refractivity contribution is 1.42. The molecule has 0 bridgehead atoms. The minimum atomic E-state index is 0.430. The number of alkyl halides is 1. The molecule has 0 aliphatic heterocycles. The van der Waals surface area contributed by atoms with Crippen LogP contribution >= 0.6 is 11.6 Å².